The summed E-state index contributed by atoms with van der Waals surface area (Å²) in [6, 6.07) is 12.6. The summed E-state index contributed by atoms with van der Waals surface area (Å²) >= 11 is 1.45. The first-order valence-corrected chi connectivity index (χ1v) is 10.9. The van der Waals surface area contributed by atoms with Gasteiger partial charge in [-0.1, -0.05) is 50.0 Å². The predicted octanol–water partition coefficient (Wildman–Crippen LogP) is 6.12. The van der Waals surface area contributed by atoms with Crippen molar-refractivity contribution in [1.29, 1.82) is 0 Å². The summed E-state index contributed by atoms with van der Waals surface area (Å²) in [6.07, 6.45) is 5.86. The van der Waals surface area contributed by atoms with Crippen molar-refractivity contribution in [3.63, 3.8) is 0 Å². The summed E-state index contributed by atoms with van der Waals surface area (Å²) in [5.41, 5.74) is 2.51. The first-order chi connectivity index (χ1) is 14.0. The van der Waals surface area contributed by atoms with Gasteiger partial charge in [0.2, 0.25) is 0 Å². The predicted molar refractivity (Wildman–Crippen MR) is 118 cm³/mol. The Bertz CT molecular complexity index is 979. The molecule has 3 rings (SSSR count). The van der Waals surface area contributed by atoms with E-state index in [2.05, 4.69) is 23.3 Å². The van der Waals surface area contributed by atoms with Gasteiger partial charge in [-0.2, -0.15) is 0 Å². The average Bonchev–Trinajstić information content (AvgIpc) is 3.09. The monoisotopic (exact) mass is 410 g/mol. The molecule has 0 unspecified atom stereocenters. The number of anilines is 1. The molecule has 0 aliphatic rings. The lowest BCUT2D eigenvalue weighted by molar-refractivity contribution is -0.134. The van der Waals surface area contributed by atoms with E-state index in [9.17, 15) is 9.59 Å². The second kappa shape index (κ2) is 10.2. The molecule has 0 saturated carbocycles. The fraction of sp³-hybridized carbons (Fsp3) is 0.348. The lowest BCUT2D eigenvalue weighted by Gasteiger charge is -2.06. The largest absolute Gasteiger partial charge is 0.427 e. The molecule has 0 aliphatic carbocycles. The quantitative estimate of drug-likeness (QED) is 0.262. The number of ether oxygens (including phenoxy) is 1. The number of benzene rings is 2. The lowest BCUT2D eigenvalue weighted by Crippen LogP contribution is -2.12. The highest BCUT2D eigenvalue weighted by atomic mass is 32.1. The number of nitrogens with zero attached hydrogens (tertiary/aromatic N) is 1. The van der Waals surface area contributed by atoms with Gasteiger partial charge in [0.15, 0.2) is 5.13 Å². The Labute approximate surface area is 175 Å². The number of hydrogen-bond donors (Lipinski definition) is 1. The molecular formula is C23H26N2O3S. The van der Waals surface area contributed by atoms with Crippen molar-refractivity contribution < 1.29 is 14.3 Å². The Balaban J connectivity index is 1.52. The van der Waals surface area contributed by atoms with Gasteiger partial charge in [0.25, 0.3) is 5.91 Å². The minimum absolute atomic E-state index is 0.233. The number of esters is 1. The van der Waals surface area contributed by atoms with Gasteiger partial charge in [-0.05, 0) is 55.3 Å². The van der Waals surface area contributed by atoms with E-state index < -0.39 is 0 Å². The van der Waals surface area contributed by atoms with Gasteiger partial charge in [0.1, 0.15) is 5.75 Å². The molecule has 5 nitrogen and oxygen atoms in total. The van der Waals surface area contributed by atoms with E-state index in [1.165, 1.54) is 24.2 Å². The van der Waals surface area contributed by atoms with Gasteiger partial charge in [-0.3, -0.25) is 14.9 Å². The van der Waals surface area contributed by atoms with Crippen molar-refractivity contribution >= 4 is 38.6 Å². The first kappa shape index (κ1) is 21.0. The molecule has 0 atom stereocenters. The number of amides is 1. The van der Waals surface area contributed by atoms with Crippen LogP contribution in [0.5, 0.6) is 5.75 Å². The van der Waals surface area contributed by atoms with Crippen LogP contribution in [-0.4, -0.2) is 16.9 Å². The van der Waals surface area contributed by atoms with E-state index in [1.54, 1.807) is 24.3 Å². The Kier molecular flexibility index (Phi) is 7.36. The molecule has 0 fully saturated rings. The zero-order valence-electron chi connectivity index (χ0n) is 16.9. The highest BCUT2D eigenvalue weighted by Gasteiger charge is 2.11. The number of rotatable bonds is 9. The summed E-state index contributed by atoms with van der Waals surface area (Å²) in [5, 5.41) is 3.40. The number of hydrogen-bond acceptors (Lipinski definition) is 5. The van der Waals surface area contributed by atoms with Crippen LogP contribution < -0.4 is 10.1 Å². The zero-order chi connectivity index (χ0) is 20.6. The third kappa shape index (κ3) is 6.12. The van der Waals surface area contributed by atoms with Gasteiger partial charge in [-0.25, -0.2) is 4.98 Å². The summed E-state index contributed by atoms with van der Waals surface area (Å²) in [6.45, 7) is 4.19. The van der Waals surface area contributed by atoms with Gasteiger partial charge in [0, 0.05) is 12.0 Å². The highest BCUT2D eigenvalue weighted by Crippen LogP contribution is 2.27. The van der Waals surface area contributed by atoms with E-state index in [-0.39, 0.29) is 11.9 Å². The fourth-order valence-electron chi connectivity index (χ4n) is 2.98. The first-order valence-electron chi connectivity index (χ1n) is 10.0. The number of nitrogens with one attached hydrogen (secondary N) is 1. The van der Waals surface area contributed by atoms with E-state index in [0.29, 0.717) is 22.9 Å². The number of carbonyl (C=O) groups excluding carboxylic acids is 2. The van der Waals surface area contributed by atoms with Crippen LogP contribution in [0.15, 0.2) is 42.5 Å². The molecule has 0 spiro atoms. The van der Waals surface area contributed by atoms with E-state index in [4.69, 9.17) is 4.74 Å². The van der Waals surface area contributed by atoms with E-state index in [1.807, 2.05) is 19.1 Å². The number of thiazole rings is 1. The van der Waals surface area contributed by atoms with Crippen LogP contribution in [0.25, 0.3) is 10.2 Å². The summed E-state index contributed by atoms with van der Waals surface area (Å²) < 4.78 is 6.38. The van der Waals surface area contributed by atoms with Crippen molar-refractivity contribution in [1.82, 2.24) is 4.98 Å². The number of aromatic nitrogens is 1. The van der Waals surface area contributed by atoms with Crippen LogP contribution >= 0.6 is 11.3 Å². The maximum absolute atomic E-state index is 12.5. The molecule has 1 aromatic heterocycles. The highest BCUT2D eigenvalue weighted by molar-refractivity contribution is 7.22. The van der Waals surface area contributed by atoms with E-state index >= 15 is 0 Å². The molecular weight excluding hydrogens is 384 g/mol. The molecule has 152 valence electrons. The number of fused-ring (bicyclic) bond motifs is 1. The Hall–Kier alpha value is -2.73. The molecule has 1 N–H and O–H groups in total. The van der Waals surface area contributed by atoms with Crippen LogP contribution in [0.1, 0.15) is 61.4 Å². The van der Waals surface area contributed by atoms with Crippen LogP contribution in [0.2, 0.25) is 0 Å². The van der Waals surface area contributed by atoms with Gasteiger partial charge in [0.05, 0.1) is 10.2 Å². The number of unbranched alkanes of at least 4 members (excludes halogenated alkanes) is 4. The van der Waals surface area contributed by atoms with Gasteiger partial charge in [-0.15, -0.1) is 0 Å². The standard InChI is InChI=1S/C23H26N2O3S/c1-3-4-5-6-7-8-21(26)28-18-12-10-17(11-13-18)22(27)25-23-24-19-14-9-16(2)15-20(19)29-23/h9-15H,3-8H2,1-2H3,(H,24,25,27). The van der Waals surface area contributed by atoms with Gasteiger partial charge >= 0.3 is 5.97 Å². The van der Waals surface area contributed by atoms with Gasteiger partial charge < -0.3 is 4.74 Å². The molecule has 3 aromatic rings. The fourth-order valence-corrected chi connectivity index (χ4v) is 3.94. The molecule has 1 amide bonds. The van der Waals surface area contributed by atoms with Crippen molar-refractivity contribution in [2.24, 2.45) is 0 Å². The van der Waals surface area contributed by atoms with Crippen molar-refractivity contribution in [2.45, 2.75) is 52.4 Å². The Morgan fingerprint density at radius 3 is 2.55 bits per heavy atom. The molecule has 6 heteroatoms. The van der Waals surface area contributed by atoms with Crippen LogP contribution in [-0.2, 0) is 4.79 Å². The summed E-state index contributed by atoms with van der Waals surface area (Å²) in [7, 11) is 0. The zero-order valence-corrected chi connectivity index (χ0v) is 17.7. The van der Waals surface area contributed by atoms with Crippen LogP contribution in [0.3, 0.4) is 0 Å². The second-order valence-corrected chi connectivity index (χ2v) is 8.14. The maximum Gasteiger partial charge on any atom is 0.311 e. The lowest BCUT2D eigenvalue weighted by atomic mass is 10.1. The molecule has 0 saturated heterocycles. The molecule has 2 aromatic carbocycles. The topological polar surface area (TPSA) is 68.3 Å². The Morgan fingerprint density at radius 1 is 1.03 bits per heavy atom. The maximum atomic E-state index is 12.5. The molecule has 0 radical (unpaired) electrons. The smallest absolute Gasteiger partial charge is 0.311 e. The molecule has 29 heavy (non-hydrogen) atoms. The third-order valence-electron chi connectivity index (χ3n) is 4.60. The SMILES string of the molecule is CCCCCCCC(=O)Oc1ccc(C(=O)Nc2nc3ccc(C)cc3s2)cc1. The second-order valence-electron chi connectivity index (χ2n) is 7.11. The summed E-state index contributed by atoms with van der Waals surface area (Å²) in [4.78, 5) is 28.8. The van der Waals surface area contributed by atoms with Crippen LogP contribution in [0, 0.1) is 6.92 Å². The number of carbonyl (C=O) groups is 2. The molecule has 0 aliphatic heterocycles. The number of aryl methyl sites for hydroxylation is 1. The summed E-state index contributed by atoms with van der Waals surface area (Å²) in [5.74, 6) is -0.0198. The minimum Gasteiger partial charge on any atom is -0.427 e. The molecule has 1 heterocycles. The minimum atomic E-state index is -0.241. The Morgan fingerprint density at radius 2 is 1.79 bits per heavy atom. The average molecular weight is 411 g/mol. The van der Waals surface area contributed by atoms with Crippen molar-refractivity contribution in [2.75, 3.05) is 5.32 Å². The van der Waals surface area contributed by atoms with Crippen molar-refractivity contribution in [3.05, 3.63) is 53.6 Å². The third-order valence-corrected chi connectivity index (χ3v) is 5.53. The van der Waals surface area contributed by atoms with Crippen molar-refractivity contribution in [3.8, 4) is 5.75 Å². The molecule has 0 bridgehead atoms. The van der Waals surface area contributed by atoms with Crippen LogP contribution in [0.4, 0.5) is 5.13 Å². The normalized spacial score (nSPS) is 10.8. The van der Waals surface area contributed by atoms with E-state index in [0.717, 1.165) is 35.0 Å².